The minimum absolute atomic E-state index is 0.152. The monoisotopic (exact) mass is 235 g/mol. The summed E-state index contributed by atoms with van der Waals surface area (Å²) in [6.07, 6.45) is 3.71. The summed E-state index contributed by atoms with van der Waals surface area (Å²) >= 11 is 0. The molecule has 1 aromatic heterocycles. The molecule has 0 atom stereocenters. The Morgan fingerprint density at radius 2 is 2.12 bits per heavy atom. The third-order valence-electron chi connectivity index (χ3n) is 2.63. The van der Waals surface area contributed by atoms with Gasteiger partial charge in [0.05, 0.1) is 17.4 Å². The Bertz CT molecular complexity index is 444. The van der Waals surface area contributed by atoms with E-state index < -0.39 is 5.97 Å². The number of carboxylic acids is 1. The van der Waals surface area contributed by atoms with E-state index in [0.717, 1.165) is 18.5 Å². The maximum absolute atomic E-state index is 10.9. The third-order valence-corrected chi connectivity index (χ3v) is 2.63. The van der Waals surface area contributed by atoms with E-state index in [9.17, 15) is 4.79 Å². The van der Waals surface area contributed by atoms with E-state index in [4.69, 9.17) is 9.84 Å². The fourth-order valence-electron chi connectivity index (χ4n) is 1.58. The van der Waals surface area contributed by atoms with Crippen molar-refractivity contribution in [3.05, 3.63) is 23.5 Å². The van der Waals surface area contributed by atoms with Gasteiger partial charge in [-0.1, -0.05) is 20.8 Å². The van der Waals surface area contributed by atoms with Crippen LogP contribution in [0.5, 0.6) is 5.75 Å². The number of pyridine rings is 1. The molecule has 1 aromatic rings. The first-order valence-electron chi connectivity index (χ1n) is 5.78. The molecule has 2 rings (SSSR count). The van der Waals surface area contributed by atoms with Gasteiger partial charge in [0.2, 0.25) is 0 Å². The fraction of sp³-hybridized carbons (Fsp3) is 0.538. The van der Waals surface area contributed by atoms with Gasteiger partial charge in [-0.25, -0.2) is 4.79 Å². The molecule has 0 spiro atoms. The Kier molecular flexibility index (Phi) is 2.81. The predicted molar refractivity (Wildman–Crippen MR) is 63.5 cm³/mol. The van der Waals surface area contributed by atoms with Crippen LogP contribution in [0.25, 0.3) is 0 Å². The van der Waals surface area contributed by atoms with E-state index >= 15 is 0 Å². The van der Waals surface area contributed by atoms with Crippen LogP contribution in [-0.2, 0) is 5.41 Å². The summed E-state index contributed by atoms with van der Waals surface area (Å²) < 4.78 is 5.75. The zero-order valence-electron chi connectivity index (χ0n) is 10.4. The van der Waals surface area contributed by atoms with Crippen LogP contribution in [-0.4, -0.2) is 22.2 Å². The molecule has 1 fully saturated rings. The molecule has 1 aliphatic rings. The van der Waals surface area contributed by atoms with E-state index in [1.165, 1.54) is 6.20 Å². The van der Waals surface area contributed by atoms with Crippen molar-refractivity contribution in [2.24, 2.45) is 0 Å². The molecule has 92 valence electrons. The van der Waals surface area contributed by atoms with Crippen LogP contribution >= 0.6 is 0 Å². The Hall–Kier alpha value is -1.58. The zero-order chi connectivity index (χ0) is 12.6. The van der Waals surface area contributed by atoms with Crippen LogP contribution < -0.4 is 4.74 Å². The number of aromatic carboxylic acids is 1. The second-order valence-corrected chi connectivity index (χ2v) is 5.44. The molecule has 4 nitrogen and oxygen atoms in total. The van der Waals surface area contributed by atoms with Crippen molar-refractivity contribution in [1.82, 2.24) is 4.98 Å². The van der Waals surface area contributed by atoms with E-state index in [1.807, 2.05) is 20.8 Å². The standard InChI is InChI=1S/C13H17NO3/c1-13(2,3)11-10(17-9-4-5-9)6-8(7-14-11)12(15)16/h6-7,9H,4-5H2,1-3H3,(H,15,16). The molecule has 0 bridgehead atoms. The molecule has 0 aromatic carbocycles. The molecule has 0 unspecified atom stereocenters. The van der Waals surface area contributed by atoms with Crippen LogP contribution in [0.2, 0.25) is 0 Å². The van der Waals surface area contributed by atoms with Crippen LogP contribution in [0.15, 0.2) is 12.3 Å². The topological polar surface area (TPSA) is 59.4 Å². The Balaban J connectivity index is 2.39. The van der Waals surface area contributed by atoms with Gasteiger partial charge in [0.1, 0.15) is 5.75 Å². The number of rotatable bonds is 3. The summed E-state index contributed by atoms with van der Waals surface area (Å²) in [7, 11) is 0. The number of nitrogens with zero attached hydrogens (tertiary/aromatic N) is 1. The summed E-state index contributed by atoms with van der Waals surface area (Å²) in [6.45, 7) is 6.11. The van der Waals surface area contributed by atoms with Crippen molar-refractivity contribution in [3.8, 4) is 5.75 Å². The summed E-state index contributed by atoms with van der Waals surface area (Å²) in [5.74, 6) is -0.362. The van der Waals surface area contributed by atoms with Gasteiger partial charge in [-0.2, -0.15) is 0 Å². The average molecular weight is 235 g/mol. The van der Waals surface area contributed by atoms with E-state index in [1.54, 1.807) is 6.07 Å². The van der Waals surface area contributed by atoms with Crippen molar-refractivity contribution in [2.75, 3.05) is 0 Å². The number of hydrogen-bond acceptors (Lipinski definition) is 3. The lowest BCUT2D eigenvalue weighted by Crippen LogP contribution is -2.17. The van der Waals surface area contributed by atoms with Crippen molar-refractivity contribution >= 4 is 5.97 Å². The fourth-order valence-corrected chi connectivity index (χ4v) is 1.58. The van der Waals surface area contributed by atoms with Gasteiger partial charge >= 0.3 is 5.97 Å². The Morgan fingerprint density at radius 1 is 1.47 bits per heavy atom. The molecular weight excluding hydrogens is 218 g/mol. The minimum atomic E-state index is -0.974. The molecule has 1 saturated carbocycles. The van der Waals surface area contributed by atoms with Crippen molar-refractivity contribution < 1.29 is 14.6 Å². The SMILES string of the molecule is CC(C)(C)c1ncc(C(=O)O)cc1OC1CC1. The second kappa shape index (κ2) is 4.02. The highest BCUT2D eigenvalue weighted by Crippen LogP contribution is 2.34. The van der Waals surface area contributed by atoms with Crippen molar-refractivity contribution in [3.63, 3.8) is 0 Å². The van der Waals surface area contributed by atoms with Gasteiger partial charge in [0.25, 0.3) is 0 Å². The van der Waals surface area contributed by atoms with Gasteiger partial charge in [0, 0.05) is 11.6 Å². The van der Waals surface area contributed by atoms with E-state index in [0.29, 0.717) is 5.75 Å². The zero-order valence-corrected chi connectivity index (χ0v) is 10.4. The Labute approximate surface area is 101 Å². The van der Waals surface area contributed by atoms with Crippen LogP contribution in [0.4, 0.5) is 0 Å². The minimum Gasteiger partial charge on any atom is -0.488 e. The molecule has 0 radical (unpaired) electrons. The number of carbonyl (C=O) groups is 1. The number of aromatic nitrogens is 1. The molecule has 1 heterocycles. The first-order chi connectivity index (χ1) is 7.88. The molecule has 1 aliphatic carbocycles. The quantitative estimate of drug-likeness (QED) is 0.874. The number of hydrogen-bond donors (Lipinski definition) is 1. The third kappa shape index (κ3) is 2.75. The molecule has 0 saturated heterocycles. The normalized spacial score (nSPS) is 15.7. The van der Waals surface area contributed by atoms with Crippen LogP contribution in [0, 0.1) is 0 Å². The highest BCUT2D eigenvalue weighted by atomic mass is 16.5. The average Bonchev–Trinajstić information content (AvgIpc) is 2.99. The first kappa shape index (κ1) is 11.9. The van der Waals surface area contributed by atoms with Crippen LogP contribution in [0.3, 0.4) is 0 Å². The molecule has 0 aliphatic heterocycles. The maximum Gasteiger partial charge on any atom is 0.337 e. The molecule has 1 N–H and O–H groups in total. The summed E-state index contributed by atoms with van der Waals surface area (Å²) in [4.78, 5) is 15.2. The molecule has 0 amide bonds. The second-order valence-electron chi connectivity index (χ2n) is 5.44. The Morgan fingerprint density at radius 3 is 2.59 bits per heavy atom. The molecule has 4 heteroatoms. The van der Waals surface area contributed by atoms with Crippen molar-refractivity contribution in [1.29, 1.82) is 0 Å². The smallest absolute Gasteiger partial charge is 0.337 e. The highest BCUT2D eigenvalue weighted by molar-refractivity contribution is 5.87. The van der Waals surface area contributed by atoms with Gasteiger partial charge in [-0.05, 0) is 18.9 Å². The molecule has 17 heavy (non-hydrogen) atoms. The lowest BCUT2D eigenvalue weighted by atomic mass is 9.90. The molecular formula is C13H17NO3. The predicted octanol–water partition coefficient (Wildman–Crippen LogP) is 2.62. The summed E-state index contributed by atoms with van der Waals surface area (Å²) in [6, 6.07) is 1.58. The first-order valence-corrected chi connectivity index (χ1v) is 5.78. The van der Waals surface area contributed by atoms with E-state index in [-0.39, 0.29) is 17.1 Å². The van der Waals surface area contributed by atoms with E-state index in [2.05, 4.69) is 4.98 Å². The highest BCUT2D eigenvalue weighted by Gasteiger charge is 2.28. The van der Waals surface area contributed by atoms with Gasteiger partial charge in [0.15, 0.2) is 0 Å². The van der Waals surface area contributed by atoms with Crippen LogP contribution in [0.1, 0.15) is 49.7 Å². The summed E-state index contributed by atoms with van der Waals surface area (Å²) in [5, 5.41) is 8.96. The van der Waals surface area contributed by atoms with Gasteiger partial charge < -0.3 is 9.84 Å². The van der Waals surface area contributed by atoms with Gasteiger partial charge in [-0.15, -0.1) is 0 Å². The largest absolute Gasteiger partial charge is 0.488 e. The van der Waals surface area contributed by atoms with Gasteiger partial charge in [-0.3, -0.25) is 4.98 Å². The number of ether oxygens (including phenoxy) is 1. The maximum atomic E-state index is 10.9. The lowest BCUT2D eigenvalue weighted by Gasteiger charge is -2.21. The summed E-state index contributed by atoms with van der Waals surface area (Å²) in [5.41, 5.74) is 0.837. The lowest BCUT2D eigenvalue weighted by molar-refractivity contribution is 0.0695. The number of carboxylic acid groups (broad SMARTS) is 1. The van der Waals surface area contributed by atoms with Crippen molar-refractivity contribution in [2.45, 2.75) is 45.1 Å².